The van der Waals surface area contributed by atoms with Crippen molar-refractivity contribution < 1.29 is 23.6 Å². The van der Waals surface area contributed by atoms with E-state index in [4.69, 9.17) is 9.47 Å². The molecule has 0 aliphatic rings. The predicted molar refractivity (Wildman–Crippen MR) is 146 cm³/mol. The van der Waals surface area contributed by atoms with Crippen molar-refractivity contribution in [3.63, 3.8) is 0 Å². The van der Waals surface area contributed by atoms with Crippen molar-refractivity contribution in [3.05, 3.63) is 115 Å². The summed E-state index contributed by atoms with van der Waals surface area (Å²) in [4.78, 5) is 24.1. The van der Waals surface area contributed by atoms with Crippen LogP contribution in [0.15, 0.2) is 103 Å². The molecule has 0 aliphatic carbocycles. The number of anilines is 1. The second-order valence-corrected chi connectivity index (χ2v) is 9.13. The number of nitrogens with one attached hydrogen (secondary N) is 2. The smallest absolute Gasteiger partial charge is 0.319 e. The monoisotopic (exact) mass is 510 g/mol. The molecule has 3 aromatic carbocycles. The maximum absolute atomic E-state index is 12.4. The van der Waals surface area contributed by atoms with Crippen LogP contribution >= 0.6 is 0 Å². The molecule has 0 aliphatic heterocycles. The van der Waals surface area contributed by atoms with Gasteiger partial charge in [0.1, 0.15) is 12.4 Å². The van der Waals surface area contributed by atoms with Gasteiger partial charge in [0.25, 0.3) is 6.73 Å². The molecule has 4 aromatic rings. The topological polar surface area (TPSA) is 80.5 Å². The second-order valence-electron chi connectivity index (χ2n) is 9.13. The number of para-hydroxylation sites is 1. The van der Waals surface area contributed by atoms with E-state index in [1.807, 2.05) is 91.3 Å². The third kappa shape index (κ3) is 7.67. The van der Waals surface area contributed by atoms with Crippen molar-refractivity contribution >= 4 is 17.7 Å². The van der Waals surface area contributed by atoms with Gasteiger partial charge in [-0.15, -0.1) is 0 Å². The fourth-order valence-electron chi connectivity index (χ4n) is 3.72. The summed E-state index contributed by atoms with van der Waals surface area (Å²) < 4.78 is 13.1. The summed E-state index contributed by atoms with van der Waals surface area (Å²) >= 11 is 0. The predicted octanol–water partition coefficient (Wildman–Crippen LogP) is 5.70. The summed E-state index contributed by atoms with van der Waals surface area (Å²) in [7, 11) is 0. The number of amides is 2. The minimum Gasteiger partial charge on any atom is -0.488 e. The van der Waals surface area contributed by atoms with E-state index in [2.05, 4.69) is 22.8 Å². The maximum atomic E-state index is 12.4. The molecule has 0 bridgehead atoms. The molecule has 2 amide bonds. The van der Waals surface area contributed by atoms with E-state index < -0.39 is 0 Å². The number of hydrogen-bond acceptors (Lipinski definition) is 4. The summed E-state index contributed by atoms with van der Waals surface area (Å²) in [6.07, 6.45) is 3.64. The van der Waals surface area contributed by atoms with E-state index in [-0.39, 0.29) is 24.6 Å². The van der Waals surface area contributed by atoms with E-state index in [1.165, 1.54) is 0 Å². The van der Waals surface area contributed by atoms with Gasteiger partial charge in [0, 0.05) is 22.9 Å². The zero-order valence-corrected chi connectivity index (χ0v) is 21.6. The number of rotatable bonds is 10. The number of nitrogens with zero attached hydrogens (tertiary/aromatic N) is 1. The van der Waals surface area contributed by atoms with Crippen LogP contribution in [-0.2, 0) is 29.4 Å². The first-order chi connectivity index (χ1) is 18.5. The van der Waals surface area contributed by atoms with Gasteiger partial charge in [-0.3, -0.25) is 4.79 Å². The van der Waals surface area contributed by atoms with E-state index in [9.17, 15) is 9.59 Å². The van der Waals surface area contributed by atoms with E-state index in [0.717, 1.165) is 28.0 Å². The van der Waals surface area contributed by atoms with Crippen molar-refractivity contribution in [1.82, 2.24) is 5.32 Å². The minimum atomic E-state index is -0.313. The number of esters is 1. The van der Waals surface area contributed by atoms with Crippen molar-refractivity contribution in [2.45, 2.75) is 33.7 Å². The highest BCUT2D eigenvalue weighted by Crippen LogP contribution is 2.30. The molecular formula is C31H32N3O4+. The van der Waals surface area contributed by atoms with Crippen LogP contribution in [0.5, 0.6) is 5.75 Å². The van der Waals surface area contributed by atoms with Crippen molar-refractivity contribution in [2.24, 2.45) is 5.92 Å². The molecule has 0 spiro atoms. The molecule has 0 saturated carbocycles. The van der Waals surface area contributed by atoms with Crippen LogP contribution in [0.25, 0.3) is 11.1 Å². The second kappa shape index (κ2) is 13.1. The lowest BCUT2D eigenvalue weighted by Gasteiger charge is -2.12. The van der Waals surface area contributed by atoms with E-state index in [0.29, 0.717) is 18.8 Å². The standard InChI is InChI=1S/C31H31N3O4/c1-23(2)30(35)38-22-34-18-8-9-25(20-34)19-32-31(36)33-27-16-14-24(15-17-27)21-37-29-13-7-6-12-28(29)26-10-4-3-5-11-26/h3-18,20,23H,19,21-22H2,1-2H3,(H-,32,33,36)/p+1. The Labute approximate surface area is 223 Å². The number of urea groups is 1. The first-order valence-electron chi connectivity index (χ1n) is 12.5. The third-order valence-corrected chi connectivity index (χ3v) is 5.78. The quantitative estimate of drug-likeness (QED) is 0.212. The van der Waals surface area contributed by atoms with E-state index >= 15 is 0 Å². The molecule has 1 aromatic heterocycles. The molecule has 7 heteroatoms. The van der Waals surface area contributed by atoms with Gasteiger partial charge in [-0.25, -0.2) is 4.79 Å². The number of pyridine rings is 1. The van der Waals surface area contributed by atoms with Crippen LogP contribution in [0.3, 0.4) is 0 Å². The number of hydrogen-bond donors (Lipinski definition) is 2. The first-order valence-corrected chi connectivity index (χ1v) is 12.5. The Kier molecular flexibility index (Phi) is 9.07. The molecule has 194 valence electrons. The van der Waals surface area contributed by atoms with Crippen LogP contribution in [0.1, 0.15) is 25.0 Å². The summed E-state index contributed by atoms with van der Waals surface area (Å²) in [5.74, 6) is 0.387. The Morgan fingerprint density at radius 2 is 1.58 bits per heavy atom. The Balaban J connectivity index is 1.26. The van der Waals surface area contributed by atoms with Crippen molar-refractivity contribution in [1.29, 1.82) is 0 Å². The van der Waals surface area contributed by atoms with Gasteiger partial charge >= 0.3 is 12.0 Å². The molecule has 0 atom stereocenters. The molecule has 7 nitrogen and oxygen atoms in total. The molecule has 38 heavy (non-hydrogen) atoms. The van der Waals surface area contributed by atoms with E-state index in [1.54, 1.807) is 18.4 Å². The van der Waals surface area contributed by atoms with Crippen LogP contribution in [-0.4, -0.2) is 12.0 Å². The van der Waals surface area contributed by atoms with Crippen LogP contribution in [0.2, 0.25) is 0 Å². The third-order valence-electron chi connectivity index (χ3n) is 5.78. The van der Waals surface area contributed by atoms with Gasteiger partial charge in [0.2, 0.25) is 0 Å². The van der Waals surface area contributed by atoms with Gasteiger partial charge in [-0.05, 0) is 35.4 Å². The van der Waals surface area contributed by atoms with Gasteiger partial charge in [-0.1, -0.05) is 74.5 Å². The molecule has 1 heterocycles. The Hall–Kier alpha value is -4.65. The number of ether oxygens (including phenoxy) is 2. The largest absolute Gasteiger partial charge is 0.488 e. The Morgan fingerprint density at radius 3 is 2.34 bits per heavy atom. The number of carbonyl (C=O) groups is 2. The molecule has 4 rings (SSSR count). The van der Waals surface area contributed by atoms with Gasteiger partial charge in [0.15, 0.2) is 12.4 Å². The molecule has 0 unspecified atom stereocenters. The van der Waals surface area contributed by atoms with Gasteiger partial charge in [0.05, 0.1) is 12.5 Å². The highest BCUT2D eigenvalue weighted by atomic mass is 16.5. The molecule has 0 fully saturated rings. The van der Waals surface area contributed by atoms with Crippen molar-refractivity contribution in [2.75, 3.05) is 5.32 Å². The summed E-state index contributed by atoms with van der Waals surface area (Å²) in [5.41, 5.74) is 4.70. The average molecular weight is 511 g/mol. The van der Waals surface area contributed by atoms with Crippen LogP contribution in [0, 0.1) is 5.92 Å². The lowest BCUT2D eigenvalue weighted by Crippen LogP contribution is -2.37. The van der Waals surface area contributed by atoms with Gasteiger partial charge < -0.3 is 20.1 Å². The minimum absolute atomic E-state index is 0.130. The highest BCUT2D eigenvalue weighted by Gasteiger charge is 2.12. The zero-order chi connectivity index (χ0) is 26.7. The lowest BCUT2D eigenvalue weighted by molar-refractivity contribution is -0.728. The molecule has 0 radical (unpaired) electrons. The average Bonchev–Trinajstić information content (AvgIpc) is 2.95. The number of aromatic nitrogens is 1. The zero-order valence-electron chi connectivity index (χ0n) is 21.6. The molecular weight excluding hydrogens is 478 g/mol. The fourth-order valence-corrected chi connectivity index (χ4v) is 3.72. The SMILES string of the molecule is CC(C)C(=O)OC[n+]1cccc(CNC(=O)Nc2ccc(COc3ccccc3-c3ccccc3)cc2)c1. The normalized spacial score (nSPS) is 10.6. The van der Waals surface area contributed by atoms with Gasteiger partial charge in [-0.2, -0.15) is 4.57 Å². The summed E-state index contributed by atoms with van der Waals surface area (Å²) in [6.45, 7) is 4.46. The molecule has 0 saturated heterocycles. The van der Waals surface area contributed by atoms with Crippen LogP contribution < -0.4 is 19.9 Å². The number of carbonyl (C=O) groups excluding carboxylic acids is 2. The Morgan fingerprint density at radius 1 is 0.842 bits per heavy atom. The highest BCUT2D eigenvalue weighted by molar-refractivity contribution is 5.89. The summed E-state index contributed by atoms with van der Waals surface area (Å²) in [6, 6.07) is 29.1. The molecule has 2 N–H and O–H groups in total. The fraction of sp³-hybridized carbons (Fsp3) is 0.194. The van der Waals surface area contributed by atoms with Crippen molar-refractivity contribution in [3.8, 4) is 16.9 Å². The lowest BCUT2D eigenvalue weighted by atomic mass is 10.0. The number of benzene rings is 3. The summed E-state index contributed by atoms with van der Waals surface area (Å²) in [5, 5.41) is 5.69. The Bertz CT molecular complexity index is 1360. The first kappa shape index (κ1) is 26.4. The maximum Gasteiger partial charge on any atom is 0.319 e. The van der Waals surface area contributed by atoms with Crippen LogP contribution in [0.4, 0.5) is 10.5 Å².